The van der Waals surface area contributed by atoms with E-state index < -0.39 is 0 Å². The summed E-state index contributed by atoms with van der Waals surface area (Å²) in [6.45, 7) is 0. The SMILES string of the molecule is CN(C=O)C(=S)S. The van der Waals surface area contributed by atoms with Gasteiger partial charge in [-0.15, -0.1) is 12.6 Å². The quantitative estimate of drug-likeness (QED) is 0.317. The van der Waals surface area contributed by atoms with Gasteiger partial charge in [-0.05, 0) is 0 Å². The van der Waals surface area contributed by atoms with Gasteiger partial charge in [0.25, 0.3) is 0 Å². The molecule has 0 saturated heterocycles. The predicted molar refractivity (Wildman–Crippen MR) is 35.4 cm³/mol. The summed E-state index contributed by atoms with van der Waals surface area (Å²) in [5.41, 5.74) is 0. The van der Waals surface area contributed by atoms with Gasteiger partial charge in [-0.3, -0.25) is 4.79 Å². The van der Waals surface area contributed by atoms with Gasteiger partial charge in [0.15, 0.2) is 0 Å². The smallest absolute Gasteiger partial charge is 0.214 e. The second kappa shape index (κ2) is 2.98. The first-order valence-electron chi connectivity index (χ1n) is 1.59. The van der Waals surface area contributed by atoms with E-state index in [1.165, 1.54) is 4.90 Å². The van der Waals surface area contributed by atoms with Crippen molar-refractivity contribution in [3.8, 4) is 0 Å². The zero-order valence-electron chi connectivity index (χ0n) is 3.79. The molecule has 0 fully saturated rings. The van der Waals surface area contributed by atoms with Crippen LogP contribution in [0.5, 0.6) is 0 Å². The van der Waals surface area contributed by atoms with Crippen LogP contribution in [0.4, 0.5) is 0 Å². The molecule has 0 bridgehead atoms. The summed E-state index contributed by atoms with van der Waals surface area (Å²) in [6.07, 6.45) is 0.606. The van der Waals surface area contributed by atoms with Crippen molar-refractivity contribution in [1.29, 1.82) is 0 Å². The summed E-state index contributed by atoms with van der Waals surface area (Å²) >= 11 is 8.18. The Kier molecular flexibility index (Phi) is 2.95. The van der Waals surface area contributed by atoms with E-state index >= 15 is 0 Å². The highest BCUT2D eigenvalue weighted by molar-refractivity contribution is 8.11. The Balaban J connectivity index is 3.55. The largest absolute Gasteiger partial charge is 0.304 e. The van der Waals surface area contributed by atoms with E-state index in [1.54, 1.807) is 7.05 Å². The first kappa shape index (κ1) is 6.91. The van der Waals surface area contributed by atoms with Crippen molar-refractivity contribution in [2.75, 3.05) is 7.05 Å². The predicted octanol–water partition coefficient (Wildman–Crippen LogP) is 0.289. The van der Waals surface area contributed by atoms with Crippen LogP contribution < -0.4 is 0 Å². The molecule has 7 heavy (non-hydrogen) atoms. The van der Waals surface area contributed by atoms with E-state index in [1.807, 2.05) is 0 Å². The number of hydrogen-bond acceptors (Lipinski definition) is 2. The molecule has 0 aliphatic carbocycles. The normalized spacial score (nSPS) is 7.71. The van der Waals surface area contributed by atoms with Gasteiger partial charge < -0.3 is 4.90 Å². The molecule has 0 saturated carbocycles. The van der Waals surface area contributed by atoms with Crippen molar-refractivity contribution in [3.63, 3.8) is 0 Å². The minimum Gasteiger partial charge on any atom is -0.304 e. The van der Waals surface area contributed by atoms with Gasteiger partial charge in [0.2, 0.25) is 6.41 Å². The lowest BCUT2D eigenvalue weighted by atomic mass is 11.0. The lowest BCUT2D eigenvalue weighted by Crippen LogP contribution is -2.17. The summed E-state index contributed by atoms with van der Waals surface area (Å²) in [6, 6.07) is 0. The maximum atomic E-state index is 9.74. The minimum atomic E-state index is 0.287. The fourth-order valence-corrected chi connectivity index (χ4v) is 0.135. The van der Waals surface area contributed by atoms with Gasteiger partial charge in [0.1, 0.15) is 4.32 Å². The van der Waals surface area contributed by atoms with Crippen molar-refractivity contribution in [2.24, 2.45) is 0 Å². The lowest BCUT2D eigenvalue weighted by Gasteiger charge is -2.02. The van der Waals surface area contributed by atoms with E-state index in [2.05, 4.69) is 24.8 Å². The molecule has 2 nitrogen and oxygen atoms in total. The Morgan fingerprint density at radius 1 is 2.00 bits per heavy atom. The van der Waals surface area contributed by atoms with E-state index in [4.69, 9.17) is 0 Å². The third-order valence-corrected chi connectivity index (χ3v) is 1.06. The number of carbonyl (C=O) groups excluding carboxylic acids is 1. The van der Waals surface area contributed by atoms with Crippen molar-refractivity contribution in [2.45, 2.75) is 0 Å². The molecule has 0 N–H and O–H groups in total. The number of hydrogen-bond donors (Lipinski definition) is 1. The van der Waals surface area contributed by atoms with Crippen LogP contribution in [-0.2, 0) is 4.79 Å². The summed E-state index contributed by atoms with van der Waals surface area (Å²) in [5, 5.41) is 0. The molecule has 0 atom stereocenters. The highest BCUT2D eigenvalue weighted by Gasteiger charge is 1.90. The lowest BCUT2D eigenvalue weighted by molar-refractivity contribution is -0.113. The van der Waals surface area contributed by atoms with E-state index in [0.29, 0.717) is 6.41 Å². The zero-order chi connectivity index (χ0) is 5.86. The van der Waals surface area contributed by atoms with E-state index in [-0.39, 0.29) is 4.32 Å². The van der Waals surface area contributed by atoms with Crippen LogP contribution in [-0.4, -0.2) is 22.7 Å². The van der Waals surface area contributed by atoms with Gasteiger partial charge >= 0.3 is 0 Å². The van der Waals surface area contributed by atoms with Crippen molar-refractivity contribution < 1.29 is 4.79 Å². The van der Waals surface area contributed by atoms with Gasteiger partial charge in [-0.2, -0.15) is 0 Å². The number of thiocarbonyl (C=S) groups is 1. The fourth-order valence-electron chi connectivity index (χ4n) is 0.0451. The molecule has 0 radical (unpaired) electrons. The summed E-state index contributed by atoms with van der Waals surface area (Å²) in [5.74, 6) is 0. The average molecular weight is 135 g/mol. The molecule has 0 aliphatic heterocycles. The number of thiol groups is 1. The second-order valence-corrected chi connectivity index (χ2v) is 2.11. The number of nitrogens with zero attached hydrogens (tertiary/aromatic N) is 1. The molecule has 4 heteroatoms. The Hall–Kier alpha value is -0.0900. The minimum absolute atomic E-state index is 0.287. The Labute approximate surface area is 52.9 Å². The molecule has 0 aromatic heterocycles. The third-order valence-electron chi connectivity index (χ3n) is 0.460. The number of rotatable bonds is 1. The van der Waals surface area contributed by atoms with Crippen LogP contribution in [0, 0.1) is 0 Å². The molecule has 0 rings (SSSR count). The van der Waals surface area contributed by atoms with Crippen LogP contribution in [0.3, 0.4) is 0 Å². The van der Waals surface area contributed by atoms with E-state index in [0.717, 1.165) is 0 Å². The zero-order valence-corrected chi connectivity index (χ0v) is 5.50. The highest BCUT2D eigenvalue weighted by Crippen LogP contribution is 1.85. The van der Waals surface area contributed by atoms with Crippen molar-refractivity contribution in [1.82, 2.24) is 4.90 Å². The second-order valence-electron chi connectivity index (χ2n) is 0.999. The van der Waals surface area contributed by atoms with Gasteiger partial charge in [-0.1, -0.05) is 12.2 Å². The topological polar surface area (TPSA) is 20.3 Å². The van der Waals surface area contributed by atoms with Gasteiger partial charge in [0, 0.05) is 7.05 Å². The molecule has 0 aliphatic rings. The van der Waals surface area contributed by atoms with E-state index in [9.17, 15) is 4.79 Å². The van der Waals surface area contributed by atoms with Crippen molar-refractivity contribution in [3.05, 3.63) is 0 Å². The maximum Gasteiger partial charge on any atom is 0.214 e. The summed E-state index contributed by atoms with van der Waals surface area (Å²) in [7, 11) is 1.54. The molecule has 0 aromatic rings. The molecule has 0 spiro atoms. The molecule has 40 valence electrons. The fraction of sp³-hybridized carbons (Fsp3) is 0.333. The van der Waals surface area contributed by atoms with Gasteiger partial charge in [0.05, 0.1) is 0 Å². The maximum absolute atomic E-state index is 9.74. The van der Waals surface area contributed by atoms with Crippen LogP contribution in [0.15, 0.2) is 0 Å². The molecule has 0 unspecified atom stereocenters. The third kappa shape index (κ3) is 2.59. The van der Waals surface area contributed by atoms with Gasteiger partial charge in [-0.25, -0.2) is 0 Å². The van der Waals surface area contributed by atoms with Crippen LogP contribution in [0.1, 0.15) is 0 Å². The Morgan fingerprint density at radius 3 is 2.43 bits per heavy atom. The van der Waals surface area contributed by atoms with Crippen LogP contribution >= 0.6 is 24.8 Å². The van der Waals surface area contributed by atoms with Crippen LogP contribution in [0.25, 0.3) is 0 Å². The molecule has 0 aromatic carbocycles. The summed E-state index contributed by atoms with van der Waals surface area (Å²) in [4.78, 5) is 10.9. The number of amides is 1. The first-order valence-corrected chi connectivity index (χ1v) is 2.45. The standard InChI is InChI=1S/C3H5NOS2/c1-4(2-5)3(6)7/h2H,1H3,(H,6,7). The first-order chi connectivity index (χ1) is 3.18. The Morgan fingerprint density at radius 2 is 2.43 bits per heavy atom. The Bertz CT molecular complexity index is 92.9. The number of carbonyl (C=O) groups is 1. The molecule has 0 heterocycles. The average Bonchev–Trinajstić information content (AvgIpc) is 1.65. The summed E-state index contributed by atoms with van der Waals surface area (Å²) < 4.78 is 0.287. The van der Waals surface area contributed by atoms with Crippen molar-refractivity contribution >= 4 is 35.6 Å². The molecular weight excluding hydrogens is 130 g/mol. The molecule has 1 amide bonds. The monoisotopic (exact) mass is 135 g/mol. The van der Waals surface area contributed by atoms with Crippen LogP contribution in [0.2, 0.25) is 0 Å². The highest BCUT2D eigenvalue weighted by atomic mass is 32.1. The molecular formula is C3H5NOS2.